The van der Waals surface area contributed by atoms with Crippen molar-refractivity contribution in [2.24, 2.45) is 16.6 Å². The lowest BCUT2D eigenvalue weighted by molar-refractivity contribution is -0.152. The number of alkyl carbamates (subject to hydrolysis) is 1. The maximum absolute atomic E-state index is 11.9. The van der Waals surface area contributed by atoms with Crippen molar-refractivity contribution in [2.45, 2.75) is 256 Å². The first-order valence-electron chi connectivity index (χ1n) is 29.5. The van der Waals surface area contributed by atoms with E-state index in [9.17, 15) is 34.2 Å². The van der Waals surface area contributed by atoms with Crippen molar-refractivity contribution >= 4 is 30.0 Å². The van der Waals surface area contributed by atoms with Crippen LogP contribution in [0.4, 0.5) is 4.79 Å². The van der Waals surface area contributed by atoms with Crippen LogP contribution in [0.3, 0.4) is 0 Å². The molecule has 21 heteroatoms. The van der Waals surface area contributed by atoms with Gasteiger partial charge in [0.25, 0.3) is 0 Å². The molecular formula is C65H100N2O19. The lowest BCUT2D eigenvalue weighted by atomic mass is 9.87. The number of nitrogens with one attached hydrogen (secondary N) is 1. The Balaban J connectivity index is 0.000000995. The Kier molecular flexibility index (Phi) is 42.3. The van der Waals surface area contributed by atoms with E-state index in [1.807, 2.05) is 5.92 Å². The first kappa shape index (κ1) is 80.1. The van der Waals surface area contributed by atoms with Gasteiger partial charge < -0.3 is 79.2 Å². The predicted octanol–water partition coefficient (Wildman–Crippen LogP) is 6.12. The van der Waals surface area contributed by atoms with Gasteiger partial charge in [-0.3, -0.25) is 14.4 Å². The van der Waals surface area contributed by atoms with Crippen LogP contribution in [0.15, 0.2) is 0 Å². The zero-order valence-electron chi connectivity index (χ0n) is 52.0. The molecule has 0 aromatic heterocycles. The molecule has 1 saturated heterocycles. The topological polar surface area (TPSA) is 311 Å². The van der Waals surface area contributed by atoms with E-state index in [1.165, 1.54) is 33.1 Å². The number of esters is 2. The number of epoxide rings is 1. The highest BCUT2D eigenvalue weighted by Crippen LogP contribution is 2.38. The molecule has 1 heterocycles. The Labute approximate surface area is 512 Å². The average molecular weight is 1210 g/mol. The lowest BCUT2D eigenvalue weighted by Crippen LogP contribution is -2.50. The molecule has 484 valence electrons. The maximum atomic E-state index is 11.9. The van der Waals surface area contributed by atoms with E-state index in [0.29, 0.717) is 45.1 Å². The van der Waals surface area contributed by atoms with E-state index in [2.05, 4.69) is 41.3 Å². The molecule has 14 atom stereocenters. The van der Waals surface area contributed by atoms with Crippen LogP contribution in [0.1, 0.15) is 171 Å². The van der Waals surface area contributed by atoms with Gasteiger partial charge in [0.15, 0.2) is 0 Å². The standard InChI is InChI=1S/C15H23NO5.2C10H14O3.2C8H12O2.C6H13NO2.C5H8O.C3H4O/c1-5-9-20-10-7-6-8-11(10)21-14(19)16-12(13(17)18)15(2,3)4;2*1-3-7-12-9-5-4-6-10(9)13-8(2)11;2*1-2-6-10-8-5-3-4-7(8)9;1-6(2,3)4(7)5(8)9;1-2-4-5(3-1)6-4;1-2-3-4/h1,10-12H,6-9H2,2-4H3,(H,16,19)(H,17,18);2*1,9-10H,4-7H2,2H3;2*1,7-9H,3-6H2;4H,7H2,1-3H3,(H,8,9);4-5H,1-3H2;1,4H,3H2/t10-,11-,12-;2*9-,10-;2*7-,8-;4-;;/m110111../s1. The molecule has 0 bridgehead atoms. The van der Waals surface area contributed by atoms with Crippen molar-refractivity contribution in [3.8, 4) is 74.1 Å². The molecule has 0 aromatic rings. The average Bonchev–Trinajstić information content (AvgIpc) is 2.94. The zero-order valence-corrected chi connectivity index (χ0v) is 52.0. The first-order chi connectivity index (χ1) is 40.6. The summed E-state index contributed by atoms with van der Waals surface area (Å²) in [5.41, 5.74) is 4.34. The molecule has 86 heavy (non-hydrogen) atoms. The van der Waals surface area contributed by atoms with Crippen molar-refractivity contribution in [3.63, 3.8) is 0 Å². The minimum absolute atomic E-state index is 0.0000463. The molecule has 0 radical (unpaired) electrons. The van der Waals surface area contributed by atoms with E-state index in [4.69, 9.17) is 95.8 Å². The van der Waals surface area contributed by atoms with Gasteiger partial charge in [-0.2, -0.15) is 0 Å². The minimum Gasteiger partial charge on any atom is -0.480 e. The smallest absolute Gasteiger partial charge is 0.408 e. The third-order valence-corrected chi connectivity index (χ3v) is 14.1. The summed E-state index contributed by atoms with van der Waals surface area (Å²) in [6.07, 6.45) is 47.0. The van der Waals surface area contributed by atoms with Crippen LogP contribution in [0.25, 0.3) is 0 Å². The number of fused-ring (bicyclic) bond motifs is 1. The van der Waals surface area contributed by atoms with Gasteiger partial charge >= 0.3 is 30.0 Å². The molecule has 1 aliphatic heterocycles. The fraction of sp³-hybridized carbons (Fsp3) is 0.738. The van der Waals surface area contributed by atoms with Crippen LogP contribution in [0, 0.1) is 84.9 Å². The van der Waals surface area contributed by atoms with E-state index < -0.39 is 35.5 Å². The number of carbonyl (C=O) groups excluding carboxylic acids is 3. The monoisotopic (exact) mass is 1210 g/mol. The molecule has 21 nitrogen and oxygen atoms in total. The van der Waals surface area contributed by atoms with Gasteiger partial charge in [-0.15, -0.1) is 38.5 Å². The number of carbonyl (C=O) groups is 5. The number of terminal acetylenes is 6. The quantitative estimate of drug-likeness (QED) is 0.0396. The highest BCUT2D eigenvalue weighted by molar-refractivity contribution is 5.80. The molecule has 0 aromatic carbocycles. The second kappa shape index (κ2) is 45.4. The molecule has 7 aliphatic rings. The molecule has 6 aliphatic carbocycles. The molecule has 1 amide bonds. The zero-order chi connectivity index (χ0) is 65.3. The van der Waals surface area contributed by atoms with Gasteiger partial charge in [0, 0.05) is 13.8 Å². The van der Waals surface area contributed by atoms with Crippen molar-refractivity contribution < 1.29 is 92.1 Å². The van der Waals surface area contributed by atoms with E-state index >= 15 is 0 Å². The van der Waals surface area contributed by atoms with Crippen LogP contribution in [0.5, 0.6) is 0 Å². The fourth-order valence-electron chi connectivity index (χ4n) is 9.57. The number of nitrogens with two attached hydrogens (primary N) is 1. The third kappa shape index (κ3) is 36.3. The second-order valence-corrected chi connectivity index (χ2v) is 23.3. The number of amides is 1. The molecule has 6 saturated carbocycles. The predicted molar refractivity (Wildman–Crippen MR) is 323 cm³/mol. The largest absolute Gasteiger partial charge is 0.480 e. The summed E-state index contributed by atoms with van der Waals surface area (Å²) in [6, 6.07) is -1.78. The highest BCUT2D eigenvalue weighted by atomic mass is 16.6. The van der Waals surface area contributed by atoms with Crippen LogP contribution >= 0.6 is 0 Å². The normalized spacial score (nSPS) is 26.6. The van der Waals surface area contributed by atoms with Crippen LogP contribution in [0.2, 0.25) is 0 Å². The number of aliphatic hydroxyl groups is 3. The Morgan fingerprint density at radius 3 is 0.977 bits per heavy atom. The molecule has 0 spiro atoms. The SMILES string of the molecule is C#CCO.C#CCO[C@@H]1CCC[C@H]1O.C#CCO[C@@H]1CCC[C@H]1O.C#CCO[C@@H]1CCC[C@H]1OC(=O)N[C@H](C(=O)O)C(C)(C)C.C#CCO[C@@H]1CCC[C@H]1OC(C)=O.C#CCO[C@H]1CCC[C@@H]1OC(C)=O.C1CC2OC2C1.CC(C)(C)[C@H](N)C(=O)O. The number of aliphatic hydroxyl groups excluding tert-OH is 3. The number of hydrogen-bond acceptors (Lipinski definition) is 18. The Morgan fingerprint density at radius 2 is 0.767 bits per heavy atom. The van der Waals surface area contributed by atoms with E-state index in [0.717, 1.165) is 89.9 Å². The van der Waals surface area contributed by atoms with Crippen molar-refractivity contribution in [3.05, 3.63) is 0 Å². The summed E-state index contributed by atoms with van der Waals surface area (Å²) in [4.78, 5) is 54.7. The van der Waals surface area contributed by atoms with Crippen LogP contribution < -0.4 is 11.1 Å². The summed E-state index contributed by atoms with van der Waals surface area (Å²) >= 11 is 0. The van der Waals surface area contributed by atoms with Crippen molar-refractivity contribution in [1.82, 2.24) is 5.32 Å². The van der Waals surface area contributed by atoms with Crippen LogP contribution in [-0.4, -0.2) is 180 Å². The third-order valence-electron chi connectivity index (χ3n) is 14.1. The molecule has 7 fully saturated rings. The van der Waals surface area contributed by atoms with Gasteiger partial charge in [0.2, 0.25) is 0 Å². The number of carboxylic acid groups (broad SMARTS) is 2. The molecule has 8 N–H and O–H groups in total. The van der Waals surface area contributed by atoms with E-state index in [1.54, 1.807) is 41.5 Å². The van der Waals surface area contributed by atoms with Gasteiger partial charge in [-0.25, -0.2) is 9.59 Å². The van der Waals surface area contributed by atoms with E-state index in [-0.39, 0.29) is 91.6 Å². The Hall–Kier alpha value is -5.89. The van der Waals surface area contributed by atoms with Gasteiger partial charge in [-0.05, 0) is 126 Å². The second-order valence-electron chi connectivity index (χ2n) is 23.3. The first-order valence-corrected chi connectivity index (χ1v) is 29.5. The van der Waals surface area contributed by atoms with Gasteiger partial charge in [0.05, 0.1) is 54.9 Å². The molecule has 2 unspecified atom stereocenters. The van der Waals surface area contributed by atoms with Gasteiger partial charge in [0.1, 0.15) is 70.0 Å². The summed E-state index contributed by atoms with van der Waals surface area (Å²) in [5, 5.41) is 46.0. The van der Waals surface area contributed by atoms with Crippen molar-refractivity contribution in [2.75, 3.05) is 39.6 Å². The highest BCUT2D eigenvalue weighted by Gasteiger charge is 2.42. The Bertz CT molecular complexity index is 2130. The number of rotatable bonds is 16. The molecule has 7 rings (SSSR count). The number of carboxylic acids is 2. The fourth-order valence-corrected chi connectivity index (χ4v) is 9.57. The number of hydrogen-bond donors (Lipinski definition) is 7. The molecular weight excluding hydrogens is 1110 g/mol. The van der Waals surface area contributed by atoms with Gasteiger partial charge in [-0.1, -0.05) is 77.1 Å². The minimum atomic E-state index is -1.09. The summed E-state index contributed by atoms with van der Waals surface area (Å²) in [6.45, 7) is 14.7. The Morgan fingerprint density at radius 1 is 0.477 bits per heavy atom. The number of aliphatic carboxylic acids is 2. The summed E-state index contributed by atoms with van der Waals surface area (Å²) < 4.78 is 47.1. The lowest BCUT2D eigenvalue weighted by Gasteiger charge is -2.28. The summed E-state index contributed by atoms with van der Waals surface area (Å²) in [5.74, 6) is 11.4. The number of ether oxygens (including phenoxy) is 9. The van der Waals surface area contributed by atoms with Crippen LogP contribution in [-0.2, 0) is 61.8 Å². The maximum Gasteiger partial charge on any atom is 0.408 e. The van der Waals surface area contributed by atoms with Crippen molar-refractivity contribution in [1.29, 1.82) is 0 Å². The summed E-state index contributed by atoms with van der Waals surface area (Å²) in [7, 11) is 0.